The fourth-order valence-corrected chi connectivity index (χ4v) is 1.78. The van der Waals surface area contributed by atoms with Crippen LogP contribution in [0.25, 0.3) is 0 Å². The average molecular weight is 291 g/mol. The van der Waals surface area contributed by atoms with Crippen LogP contribution in [0.4, 0.5) is 0 Å². The second kappa shape index (κ2) is 8.03. The van der Waals surface area contributed by atoms with Crippen LogP contribution in [-0.2, 0) is 13.1 Å². The van der Waals surface area contributed by atoms with E-state index in [9.17, 15) is 0 Å². The molecule has 0 bridgehead atoms. The molecule has 0 aliphatic heterocycles. The van der Waals surface area contributed by atoms with Crippen LogP contribution >= 0.6 is 0 Å². The third kappa shape index (κ3) is 5.25. The lowest BCUT2D eigenvalue weighted by molar-refractivity contribution is 0.387. The summed E-state index contributed by atoms with van der Waals surface area (Å²) in [5.74, 6) is 1.89. The lowest BCUT2D eigenvalue weighted by Gasteiger charge is -2.10. The summed E-state index contributed by atoms with van der Waals surface area (Å²) in [4.78, 5) is 8.54. The van der Waals surface area contributed by atoms with Crippen LogP contribution in [-0.4, -0.2) is 39.0 Å². The molecule has 0 saturated heterocycles. The van der Waals surface area contributed by atoms with Gasteiger partial charge in [0.2, 0.25) is 5.89 Å². The summed E-state index contributed by atoms with van der Waals surface area (Å²) >= 11 is 0. The smallest absolute Gasteiger partial charge is 0.223 e. The van der Waals surface area contributed by atoms with Crippen molar-refractivity contribution in [3.8, 4) is 0 Å². The molecule has 0 atom stereocenters. The van der Waals surface area contributed by atoms with Gasteiger partial charge in [-0.25, -0.2) is 4.99 Å². The normalized spacial score (nSPS) is 11.6. The van der Waals surface area contributed by atoms with E-state index in [-0.39, 0.29) is 0 Å². The van der Waals surface area contributed by atoms with Crippen LogP contribution < -0.4 is 10.6 Å². The van der Waals surface area contributed by atoms with Crippen molar-refractivity contribution in [3.05, 3.63) is 30.2 Å². The van der Waals surface area contributed by atoms with Crippen LogP contribution in [0.1, 0.15) is 25.1 Å². The highest BCUT2D eigenvalue weighted by molar-refractivity contribution is 5.79. The zero-order valence-corrected chi connectivity index (χ0v) is 12.4. The molecule has 0 saturated carbocycles. The third-order valence-corrected chi connectivity index (χ3v) is 2.71. The van der Waals surface area contributed by atoms with Gasteiger partial charge in [0.25, 0.3) is 0 Å². The van der Waals surface area contributed by atoms with Crippen molar-refractivity contribution in [3.63, 3.8) is 0 Å². The Balaban J connectivity index is 1.75. The first kappa shape index (κ1) is 15.0. The Morgan fingerprint density at radius 2 is 2.33 bits per heavy atom. The minimum absolute atomic E-state index is 0.395. The van der Waals surface area contributed by atoms with Gasteiger partial charge in [-0.15, -0.1) is 0 Å². The third-order valence-electron chi connectivity index (χ3n) is 2.71. The van der Waals surface area contributed by atoms with Gasteiger partial charge in [0.1, 0.15) is 6.54 Å². The lowest BCUT2D eigenvalue weighted by Crippen LogP contribution is -2.38. The molecule has 0 aromatic carbocycles. The molecule has 2 aromatic rings. The van der Waals surface area contributed by atoms with E-state index >= 15 is 0 Å². The van der Waals surface area contributed by atoms with Crippen molar-refractivity contribution >= 4 is 5.96 Å². The topological polar surface area (TPSA) is 93.2 Å². The molecule has 21 heavy (non-hydrogen) atoms. The van der Waals surface area contributed by atoms with E-state index in [1.54, 1.807) is 13.1 Å². The molecular weight excluding hydrogens is 270 g/mol. The second-order valence-corrected chi connectivity index (χ2v) is 4.47. The second-order valence-electron chi connectivity index (χ2n) is 4.47. The highest BCUT2D eigenvalue weighted by Gasteiger charge is 2.02. The molecule has 2 heterocycles. The molecule has 8 heteroatoms. The van der Waals surface area contributed by atoms with Gasteiger partial charge in [0, 0.05) is 39.0 Å². The summed E-state index contributed by atoms with van der Waals surface area (Å²) in [6.45, 7) is 6.68. The van der Waals surface area contributed by atoms with Crippen LogP contribution in [0.15, 0.2) is 28.0 Å². The molecule has 2 N–H and O–H groups in total. The molecule has 0 spiro atoms. The number of aliphatic imine (C=N–C) groups is 1. The van der Waals surface area contributed by atoms with Crippen molar-refractivity contribution in [2.45, 2.75) is 33.4 Å². The van der Waals surface area contributed by atoms with Gasteiger partial charge < -0.3 is 15.2 Å². The molecule has 0 unspecified atom stereocenters. The Kier molecular flexibility index (Phi) is 5.74. The Labute approximate surface area is 123 Å². The zero-order chi connectivity index (χ0) is 14.9. The number of guanidine groups is 1. The summed E-state index contributed by atoms with van der Waals surface area (Å²) < 4.78 is 6.83. The minimum atomic E-state index is 0.395. The molecule has 2 aromatic heterocycles. The van der Waals surface area contributed by atoms with E-state index < -0.39 is 0 Å². The lowest BCUT2D eigenvalue weighted by atomic mass is 10.4. The van der Waals surface area contributed by atoms with Gasteiger partial charge in [-0.2, -0.15) is 10.1 Å². The number of nitrogens with one attached hydrogen (secondary N) is 2. The first-order chi connectivity index (χ1) is 10.3. The predicted octanol–water partition coefficient (Wildman–Crippen LogP) is 0.720. The first-order valence-corrected chi connectivity index (χ1v) is 7.06. The maximum atomic E-state index is 4.92. The Morgan fingerprint density at radius 1 is 1.43 bits per heavy atom. The van der Waals surface area contributed by atoms with Crippen LogP contribution in [0.2, 0.25) is 0 Å². The van der Waals surface area contributed by atoms with Gasteiger partial charge in [-0.1, -0.05) is 5.16 Å². The molecule has 0 aliphatic carbocycles. The summed E-state index contributed by atoms with van der Waals surface area (Å²) in [6, 6.07) is 1.92. The monoisotopic (exact) mass is 291 g/mol. The molecular formula is C13H21N7O. The van der Waals surface area contributed by atoms with Gasteiger partial charge in [-0.3, -0.25) is 4.68 Å². The van der Waals surface area contributed by atoms with Gasteiger partial charge >= 0.3 is 0 Å². The number of hydrogen-bond acceptors (Lipinski definition) is 5. The highest BCUT2D eigenvalue weighted by Crippen LogP contribution is 1.96. The summed E-state index contributed by atoms with van der Waals surface area (Å²) in [7, 11) is 0. The molecule has 0 fully saturated rings. The molecule has 114 valence electrons. The van der Waals surface area contributed by atoms with Crippen LogP contribution in [0.5, 0.6) is 0 Å². The maximum Gasteiger partial charge on any atom is 0.223 e. The van der Waals surface area contributed by atoms with E-state index in [0.29, 0.717) is 18.3 Å². The SMILES string of the molecule is CCNC(=NCc1noc(C)n1)NCCCn1cccn1. The number of rotatable bonds is 7. The van der Waals surface area contributed by atoms with E-state index in [0.717, 1.165) is 32.0 Å². The predicted molar refractivity (Wildman–Crippen MR) is 78.7 cm³/mol. The number of hydrogen-bond donors (Lipinski definition) is 2. The molecule has 0 aliphatic rings. The summed E-state index contributed by atoms with van der Waals surface area (Å²) in [5.41, 5.74) is 0. The number of nitrogens with zero attached hydrogens (tertiary/aromatic N) is 5. The maximum absolute atomic E-state index is 4.92. The first-order valence-electron chi connectivity index (χ1n) is 7.06. The van der Waals surface area contributed by atoms with E-state index in [1.807, 2.05) is 23.9 Å². The van der Waals surface area contributed by atoms with Crippen molar-refractivity contribution in [1.82, 2.24) is 30.6 Å². The Hall–Kier alpha value is -2.38. The van der Waals surface area contributed by atoms with Crippen molar-refractivity contribution in [2.24, 2.45) is 4.99 Å². The fraction of sp³-hybridized carbons (Fsp3) is 0.538. The van der Waals surface area contributed by atoms with E-state index in [4.69, 9.17) is 4.52 Å². The van der Waals surface area contributed by atoms with Crippen LogP contribution in [0.3, 0.4) is 0 Å². The minimum Gasteiger partial charge on any atom is -0.357 e. The number of aromatic nitrogens is 4. The summed E-state index contributed by atoms with van der Waals surface area (Å²) in [6.07, 6.45) is 4.71. The molecule has 8 nitrogen and oxygen atoms in total. The number of aryl methyl sites for hydroxylation is 2. The quantitative estimate of drug-likeness (QED) is 0.443. The van der Waals surface area contributed by atoms with Gasteiger partial charge in [0.15, 0.2) is 11.8 Å². The van der Waals surface area contributed by atoms with Gasteiger partial charge in [-0.05, 0) is 19.4 Å². The molecule has 0 radical (unpaired) electrons. The highest BCUT2D eigenvalue weighted by atomic mass is 16.5. The average Bonchev–Trinajstić information content (AvgIpc) is 3.12. The van der Waals surface area contributed by atoms with Crippen molar-refractivity contribution in [1.29, 1.82) is 0 Å². The van der Waals surface area contributed by atoms with Gasteiger partial charge in [0.05, 0.1) is 0 Å². The van der Waals surface area contributed by atoms with Crippen LogP contribution in [0, 0.1) is 6.92 Å². The standard InChI is InChI=1S/C13H21N7O/c1-3-14-13(16-10-12-18-11(2)21-19-12)15-6-4-8-20-9-5-7-17-20/h5,7,9H,3-4,6,8,10H2,1-2H3,(H2,14,15,16). The Bertz CT molecular complexity index is 547. The zero-order valence-electron chi connectivity index (χ0n) is 12.4. The van der Waals surface area contributed by atoms with E-state index in [1.165, 1.54) is 0 Å². The van der Waals surface area contributed by atoms with E-state index in [2.05, 4.69) is 30.9 Å². The largest absolute Gasteiger partial charge is 0.357 e. The fourth-order valence-electron chi connectivity index (χ4n) is 1.78. The Morgan fingerprint density at radius 3 is 3.00 bits per heavy atom. The van der Waals surface area contributed by atoms with Crippen molar-refractivity contribution in [2.75, 3.05) is 13.1 Å². The summed E-state index contributed by atoms with van der Waals surface area (Å²) in [5, 5.41) is 14.4. The molecule has 0 amide bonds. The van der Waals surface area contributed by atoms with Crippen molar-refractivity contribution < 1.29 is 4.52 Å². The molecule has 2 rings (SSSR count).